The van der Waals surface area contributed by atoms with Crippen LogP contribution in [0.5, 0.6) is 0 Å². The van der Waals surface area contributed by atoms with E-state index in [0.717, 1.165) is 16.6 Å². The second kappa shape index (κ2) is 13.5. The molecule has 0 amide bonds. The number of rotatable bonds is 1. The number of ketones is 1. The van der Waals surface area contributed by atoms with Crippen LogP contribution in [-0.2, 0) is 35.7 Å². The second-order valence-electron chi connectivity index (χ2n) is 17.8. The summed E-state index contributed by atoms with van der Waals surface area (Å²) in [5.74, 6) is 0.104. The Morgan fingerprint density at radius 3 is 1.98 bits per heavy atom. The van der Waals surface area contributed by atoms with Gasteiger partial charge in [0, 0.05) is 53.8 Å². The fourth-order valence-electron chi connectivity index (χ4n) is 6.39. The summed E-state index contributed by atoms with van der Waals surface area (Å²) in [5, 5.41) is 19.8. The van der Waals surface area contributed by atoms with Crippen molar-refractivity contribution >= 4 is 60.6 Å². The molecule has 51 heavy (non-hydrogen) atoms. The molecule has 0 unspecified atom stereocenters. The molecule has 1 aromatic heterocycles. The van der Waals surface area contributed by atoms with Crippen molar-refractivity contribution in [3.05, 3.63) is 102 Å². The standard InChI is InChI=1S/C35H30NS.C11H20O2.Ir/c1-34(2,3)22-17-26-24(29(18-22)35(4,5)6)12-11-23-25-13-14-36-33-28-15-20-9-7-8-10-21(20)16-30(28)37-31(32(25)33)19-27(23)26;1-10(2,3)8(12)7-9(13)11(4,5)6;/h7-14,16-19H,1-6H3;7,12H,1-6H3;/q-1;;/b;8-7-;. The first-order chi connectivity index (χ1) is 23.1. The van der Waals surface area contributed by atoms with Crippen molar-refractivity contribution in [2.24, 2.45) is 10.8 Å². The minimum absolute atomic E-state index is 0. The zero-order chi connectivity index (χ0) is 36.6. The average molecular weight is 873 g/mol. The van der Waals surface area contributed by atoms with Gasteiger partial charge in [0.2, 0.25) is 0 Å². The molecular weight excluding hydrogens is 823 g/mol. The first-order valence-electron chi connectivity index (χ1n) is 17.6. The van der Waals surface area contributed by atoms with E-state index in [4.69, 9.17) is 4.98 Å². The van der Waals surface area contributed by atoms with Crippen LogP contribution in [0.2, 0.25) is 0 Å². The van der Waals surface area contributed by atoms with Crippen LogP contribution in [0, 0.1) is 16.9 Å². The maximum absolute atomic E-state index is 11.5. The summed E-state index contributed by atoms with van der Waals surface area (Å²) in [6.45, 7) is 25.0. The number of hydrogen-bond donors (Lipinski definition) is 1. The minimum Gasteiger partial charge on any atom is -0.512 e. The number of benzene rings is 5. The van der Waals surface area contributed by atoms with Crippen LogP contribution in [0.4, 0.5) is 0 Å². The van der Waals surface area contributed by atoms with E-state index in [0.29, 0.717) is 0 Å². The Morgan fingerprint density at radius 2 is 1.35 bits per heavy atom. The molecule has 3 nitrogen and oxygen atoms in total. The molecule has 5 aromatic carbocycles. The molecular formula is C46H50IrNO2S-. The molecule has 0 saturated heterocycles. The third-order valence-electron chi connectivity index (χ3n) is 9.60. The zero-order valence-electron chi connectivity index (χ0n) is 32.0. The van der Waals surface area contributed by atoms with Gasteiger partial charge in [-0.2, -0.15) is 0 Å². The molecule has 1 aliphatic heterocycles. The van der Waals surface area contributed by atoms with Gasteiger partial charge >= 0.3 is 0 Å². The number of aliphatic hydroxyl groups excluding tert-OH is 1. The number of allylic oxidation sites excluding steroid dienone is 2. The molecule has 0 spiro atoms. The fourth-order valence-corrected chi connectivity index (χ4v) is 7.55. The first-order valence-corrected chi connectivity index (χ1v) is 18.4. The van der Waals surface area contributed by atoms with Gasteiger partial charge in [-0.25, -0.2) is 0 Å². The summed E-state index contributed by atoms with van der Waals surface area (Å²) >= 11 is 1.86. The molecule has 267 valence electrons. The SMILES string of the molecule is CC(C)(C)C(=O)/C=C(\O)C(C)(C)C.CC(C)(C)c1cc(C(C)(C)C)c2ccc3c4ccnc5c4c(cc3c2c1)Sc1cc2ccccc2[c-]c1-5.[Ir]. The van der Waals surface area contributed by atoms with Crippen molar-refractivity contribution in [2.75, 3.05) is 0 Å². The molecule has 5 heteroatoms. The number of fused-ring (bicyclic) bond motifs is 7. The first kappa shape index (κ1) is 38.7. The van der Waals surface area contributed by atoms with Crippen LogP contribution < -0.4 is 0 Å². The molecule has 0 atom stereocenters. The normalized spacial score (nSPS) is 13.5. The van der Waals surface area contributed by atoms with Gasteiger partial charge in [-0.15, -0.1) is 35.3 Å². The van der Waals surface area contributed by atoms with Gasteiger partial charge in [0.15, 0.2) is 5.78 Å². The van der Waals surface area contributed by atoms with E-state index in [9.17, 15) is 9.90 Å². The van der Waals surface area contributed by atoms with Crippen molar-refractivity contribution in [1.82, 2.24) is 4.98 Å². The molecule has 0 bridgehead atoms. The molecule has 6 aromatic rings. The van der Waals surface area contributed by atoms with Crippen molar-refractivity contribution in [3.8, 4) is 11.3 Å². The average Bonchev–Trinajstić information content (AvgIpc) is 3.02. The molecule has 0 saturated carbocycles. The fraction of sp³-hybridized carbons (Fsp3) is 0.348. The largest absolute Gasteiger partial charge is 0.512 e. The van der Waals surface area contributed by atoms with Crippen LogP contribution in [0.15, 0.2) is 94.6 Å². The Hall–Kier alpha value is -3.50. The van der Waals surface area contributed by atoms with Crippen LogP contribution >= 0.6 is 11.8 Å². The predicted molar refractivity (Wildman–Crippen MR) is 215 cm³/mol. The summed E-state index contributed by atoms with van der Waals surface area (Å²) in [4.78, 5) is 18.9. The van der Waals surface area contributed by atoms with Gasteiger partial charge in [-0.3, -0.25) is 9.78 Å². The van der Waals surface area contributed by atoms with Gasteiger partial charge < -0.3 is 5.11 Å². The summed E-state index contributed by atoms with van der Waals surface area (Å²) in [5.41, 5.74) is 4.34. The van der Waals surface area contributed by atoms with Gasteiger partial charge in [-0.05, 0) is 77.4 Å². The maximum atomic E-state index is 11.5. The van der Waals surface area contributed by atoms with E-state index in [-0.39, 0.29) is 47.9 Å². The van der Waals surface area contributed by atoms with Gasteiger partial charge in [0.05, 0.1) is 0 Å². The molecule has 0 aliphatic carbocycles. The molecule has 1 aliphatic rings. The summed E-state index contributed by atoms with van der Waals surface area (Å²) in [6, 6.07) is 28.7. The van der Waals surface area contributed by atoms with Crippen molar-refractivity contribution in [1.29, 1.82) is 0 Å². The summed E-state index contributed by atoms with van der Waals surface area (Å²) in [6.07, 6.45) is 3.31. The van der Waals surface area contributed by atoms with Crippen molar-refractivity contribution in [3.63, 3.8) is 0 Å². The van der Waals surface area contributed by atoms with Gasteiger partial charge in [0.25, 0.3) is 0 Å². The number of carbonyl (C=O) groups is 1. The van der Waals surface area contributed by atoms with Crippen LogP contribution in [0.3, 0.4) is 0 Å². The molecule has 0 fully saturated rings. The smallest absolute Gasteiger partial charge is 0.164 e. The Balaban J connectivity index is 0.000000310. The monoisotopic (exact) mass is 873 g/mol. The third-order valence-corrected chi connectivity index (χ3v) is 10.7. The number of hydrogen-bond acceptors (Lipinski definition) is 4. The summed E-state index contributed by atoms with van der Waals surface area (Å²) < 4.78 is 0. The van der Waals surface area contributed by atoms with Crippen molar-refractivity contribution in [2.45, 2.75) is 104 Å². The van der Waals surface area contributed by atoms with E-state index in [2.05, 4.69) is 114 Å². The van der Waals surface area contributed by atoms with Crippen LogP contribution in [-0.4, -0.2) is 15.9 Å². The zero-order valence-corrected chi connectivity index (χ0v) is 35.3. The second-order valence-corrected chi connectivity index (χ2v) is 18.9. The number of carbonyl (C=O) groups excluding carboxylic acids is 1. The van der Waals surface area contributed by atoms with Crippen LogP contribution in [0.25, 0.3) is 54.3 Å². The van der Waals surface area contributed by atoms with Gasteiger partial charge in [-0.1, -0.05) is 130 Å². The Morgan fingerprint density at radius 1 is 0.706 bits per heavy atom. The van der Waals surface area contributed by atoms with E-state index in [1.807, 2.05) is 59.5 Å². The quantitative estimate of drug-likeness (QED) is 0.0773. The predicted octanol–water partition coefficient (Wildman–Crippen LogP) is 13.3. The molecule has 7 rings (SSSR count). The van der Waals surface area contributed by atoms with Crippen molar-refractivity contribution < 1.29 is 30.0 Å². The Kier molecular flexibility index (Phi) is 10.2. The number of nitrogens with zero attached hydrogens (tertiary/aromatic N) is 1. The molecule has 2 heterocycles. The van der Waals surface area contributed by atoms with Gasteiger partial charge in [0.1, 0.15) is 5.76 Å². The minimum atomic E-state index is -0.417. The number of pyridine rings is 1. The maximum Gasteiger partial charge on any atom is 0.164 e. The third kappa shape index (κ3) is 7.54. The Labute approximate surface area is 321 Å². The number of aliphatic hydroxyl groups is 1. The van der Waals surface area contributed by atoms with E-state index < -0.39 is 5.41 Å². The van der Waals surface area contributed by atoms with E-state index in [1.54, 1.807) is 0 Å². The topological polar surface area (TPSA) is 50.2 Å². The van der Waals surface area contributed by atoms with E-state index in [1.165, 1.54) is 64.7 Å². The van der Waals surface area contributed by atoms with Crippen LogP contribution in [0.1, 0.15) is 94.2 Å². The summed E-state index contributed by atoms with van der Waals surface area (Å²) in [7, 11) is 0. The number of aromatic nitrogens is 1. The molecule has 1 radical (unpaired) electrons. The Bertz CT molecular complexity index is 2360. The van der Waals surface area contributed by atoms with E-state index >= 15 is 0 Å². The molecule has 1 N–H and O–H groups in total.